The summed E-state index contributed by atoms with van der Waals surface area (Å²) < 4.78 is 0. The highest BCUT2D eigenvalue weighted by Crippen LogP contribution is 2.37. The molecule has 0 bridgehead atoms. The summed E-state index contributed by atoms with van der Waals surface area (Å²) in [4.78, 5) is 4.36. The van der Waals surface area contributed by atoms with Gasteiger partial charge in [0.05, 0.1) is 6.04 Å². The Balaban J connectivity index is 1.95. The summed E-state index contributed by atoms with van der Waals surface area (Å²) in [6.07, 6.45) is 5.80. The van der Waals surface area contributed by atoms with Crippen LogP contribution in [0.3, 0.4) is 0 Å². The molecule has 1 atom stereocenters. The number of pyridine rings is 1. The van der Waals surface area contributed by atoms with Crippen LogP contribution in [0.15, 0.2) is 42.6 Å². The molecule has 20 heavy (non-hydrogen) atoms. The Hall–Kier alpha value is -1.71. The van der Waals surface area contributed by atoms with Gasteiger partial charge in [-0.25, -0.2) is 5.43 Å². The minimum atomic E-state index is 0.00345. The largest absolute Gasteiger partial charge is 0.271 e. The molecular weight excluding hydrogens is 246 g/mol. The van der Waals surface area contributed by atoms with Crippen LogP contribution < -0.4 is 11.3 Å². The lowest BCUT2D eigenvalue weighted by molar-refractivity contribution is 0.419. The topological polar surface area (TPSA) is 50.9 Å². The van der Waals surface area contributed by atoms with Gasteiger partial charge in [0.2, 0.25) is 0 Å². The summed E-state index contributed by atoms with van der Waals surface area (Å²) in [6.45, 7) is 2.02. The van der Waals surface area contributed by atoms with Crippen LogP contribution in [-0.2, 0) is 0 Å². The lowest BCUT2D eigenvalue weighted by Crippen LogP contribution is -2.29. The molecule has 1 aliphatic rings. The van der Waals surface area contributed by atoms with Crippen molar-refractivity contribution in [3.05, 3.63) is 65.0 Å². The van der Waals surface area contributed by atoms with Gasteiger partial charge in [0.1, 0.15) is 0 Å². The second kappa shape index (κ2) is 5.73. The molecule has 104 valence electrons. The molecule has 1 unspecified atom stereocenters. The fraction of sp³-hybridized carbons (Fsp3) is 0.353. The van der Waals surface area contributed by atoms with Crippen molar-refractivity contribution >= 4 is 0 Å². The Morgan fingerprint density at radius 2 is 2.10 bits per heavy atom. The molecule has 3 rings (SSSR count). The first-order chi connectivity index (χ1) is 9.79. The maximum absolute atomic E-state index is 5.80. The Morgan fingerprint density at radius 1 is 1.25 bits per heavy atom. The van der Waals surface area contributed by atoms with Gasteiger partial charge < -0.3 is 0 Å². The normalized spacial score (nSPS) is 16.7. The van der Waals surface area contributed by atoms with Gasteiger partial charge in [-0.05, 0) is 48.4 Å². The smallest absolute Gasteiger partial charge is 0.0727 e. The summed E-state index contributed by atoms with van der Waals surface area (Å²) in [5.41, 5.74) is 7.75. The van der Waals surface area contributed by atoms with E-state index in [1.165, 1.54) is 30.4 Å². The van der Waals surface area contributed by atoms with Gasteiger partial charge in [-0.1, -0.05) is 36.8 Å². The molecule has 3 heteroatoms. The zero-order valence-electron chi connectivity index (χ0n) is 11.8. The highest BCUT2D eigenvalue weighted by Gasteiger charge is 2.21. The zero-order valence-corrected chi connectivity index (χ0v) is 11.8. The number of nitrogens with zero attached hydrogens (tertiary/aromatic N) is 1. The molecule has 0 radical (unpaired) electrons. The summed E-state index contributed by atoms with van der Waals surface area (Å²) in [5, 5.41) is 0. The van der Waals surface area contributed by atoms with Gasteiger partial charge in [-0.2, -0.15) is 0 Å². The van der Waals surface area contributed by atoms with Crippen molar-refractivity contribution in [3.63, 3.8) is 0 Å². The molecule has 1 fully saturated rings. The maximum Gasteiger partial charge on any atom is 0.0727 e. The zero-order chi connectivity index (χ0) is 13.9. The summed E-state index contributed by atoms with van der Waals surface area (Å²) in [6, 6.07) is 12.9. The van der Waals surface area contributed by atoms with E-state index in [4.69, 9.17) is 5.84 Å². The van der Waals surface area contributed by atoms with Crippen LogP contribution in [0, 0.1) is 6.92 Å². The van der Waals surface area contributed by atoms with E-state index in [-0.39, 0.29) is 6.04 Å². The Labute approximate surface area is 120 Å². The fourth-order valence-electron chi connectivity index (χ4n) is 2.90. The predicted octanol–water partition coefficient (Wildman–Crippen LogP) is 3.21. The second-order valence-electron chi connectivity index (χ2n) is 5.58. The molecule has 0 aliphatic heterocycles. The summed E-state index contributed by atoms with van der Waals surface area (Å²) in [5.74, 6) is 6.54. The molecular formula is C17H21N3. The Bertz CT molecular complexity index is 590. The number of aryl methyl sites for hydroxylation is 1. The quantitative estimate of drug-likeness (QED) is 0.660. The van der Waals surface area contributed by atoms with E-state index in [0.717, 1.165) is 17.2 Å². The monoisotopic (exact) mass is 267 g/mol. The number of hydrazine groups is 1. The number of aromatic nitrogens is 1. The van der Waals surface area contributed by atoms with Crippen LogP contribution in [0.4, 0.5) is 0 Å². The molecule has 2 aromatic rings. The number of nitrogens with two attached hydrogens (primary N) is 1. The van der Waals surface area contributed by atoms with Crippen LogP contribution in [0.5, 0.6) is 0 Å². The molecule has 1 aliphatic carbocycles. The first-order valence-corrected chi connectivity index (χ1v) is 7.27. The molecule has 0 amide bonds. The predicted molar refractivity (Wildman–Crippen MR) is 81.2 cm³/mol. The molecule has 1 saturated carbocycles. The molecule has 1 heterocycles. The average Bonchev–Trinajstić information content (AvgIpc) is 2.40. The highest BCUT2D eigenvalue weighted by atomic mass is 15.2. The van der Waals surface area contributed by atoms with E-state index in [0.29, 0.717) is 0 Å². The van der Waals surface area contributed by atoms with Crippen molar-refractivity contribution in [1.29, 1.82) is 0 Å². The van der Waals surface area contributed by atoms with E-state index < -0.39 is 0 Å². The fourth-order valence-corrected chi connectivity index (χ4v) is 2.90. The average molecular weight is 267 g/mol. The van der Waals surface area contributed by atoms with Crippen LogP contribution in [0.1, 0.15) is 53.6 Å². The van der Waals surface area contributed by atoms with Gasteiger partial charge >= 0.3 is 0 Å². The third-order valence-corrected chi connectivity index (χ3v) is 4.35. The SMILES string of the molecule is Cc1ncccc1C(NN)c1cccc(C2CCC2)c1. The second-order valence-corrected chi connectivity index (χ2v) is 5.58. The number of nitrogens with one attached hydrogen (secondary N) is 1. The maximum atomic E-state index is 5.80. The molecule has 1 aromatic carbocycles. The highest BCUT2D eigenvalue weighted by molar-refractivity contribution is 5.37. The van der Waals surface area contributed by atoms with Crippen LogP contribution in [0.2, 0.25) is 0 Å². The van der Waals surface area contributed by atoms with Crippen molar-refractivity contribution < 1.29 is 0 Å². The lowest BCUT2D eigenvalue weighted by Gasteiger charge is -2.27. The number of hydrogen-bond acceptors (Lipinski definition) is 3. The van der Waals surface area contributed by atoms with Gasteiger partial charge in [-0.15, -0.1) is 0 Å². The minimum Gasteiger partial charge on any atom is -0.271 e. The number of hydrogen-bond donors (Lipinski definition) is 2. The van der Waals surface area contributed by atoms with Gasteiger partial charge in [-0.3, -0.25) is 10.8 Å². The third-order valence-electron chi connectivity index (χ3n) is 4.35. The van der Waals surface area contributed by atoms with Crippen LogP contribution in [-0.4, -0.2) is 4.98 Å². The number of benzene rings is 1. The van der Waals surface area contributed by atoms with Crippen molar-refractivity contribution in [2.45, 2.75) is 38.1 Å². The molecule has 0 spiro atoms. The molecule has 1 aromatic heterocycles. The first kappa shape index (κ1) is 13.3. The molecule has 3 N–H and O–H groups in total. The third kappa shape index (κ3) is 2.47. The van der Waals surface area contributed by atoms with E-state index in [1.807, 2.05) is 19.2 Å². The summed E-state index contributed by atoms with van der Waals surface area (Å²) >= 11 is 0. The molecule has 3 nitrogen and oxygen atoms in total. The van der Waals surface area contributed by atoms with Crippen molar-refractivity contribution in [2.75, 3.05) is 0 Å². The van der Waals surface area contributed by atoms with Gasteiger partial charge in [0.15, 0.2) is 0 Å². The van der Waals surface area contributed by atoms with Crippen molar-refractivity contribution in [3.8, 4) is 0 Å². The van der Waals surface area contributed by atoms with E-state index in [9.17, 15) is 0 Å². The Kier molecular flexibility index (Phi) is 3.81. The van der Waals surface area contributed by atoms with Crippen LogP contribution >= 0.6 is 0 Å². The van der Waals surface area contributed by atoms with E-state index in [2.05, 4.69) is 40.7 Å². The van der Waals surface area contributed by atoms with Crippen molar-refractivity contribution in [1.82, 2.24) is 10.4 Å². The summed E-state index contributed by atoms with van der Waals surface area (Å²) in [7, 11) is 0. The minimum absolute atomic E-state index is 0.00345. The first-order valence-electron chi connectivity index (χ1n) is 7.27. The molecule has 0 saturated heterocycles. The van der Waals surface area contributed by atoms with Gasteiger partial charge in [0, 0.05) is 11.9 Å². The van der Waals surface area contributed by atoms with Crippen LogP contribution in [0.25, 0.3) is 0 Å². The van der Waals surface area contributed by atoms with Gasteiger partial charge in [0.25, 0.3) is 0 Å². The van der Waals surface area contributed by atoms with E-state index >= 15 is 0 Å². The lowest BCUT2D eigenvalue weighted by atomic mass is 9.79. The number of rotatable bonds is 4. The van der Waals surface area contributed by atoms with E-state index in [1.54, 1.807) is 0 Å². The Morgan fingerprint density at radius 3 is 2.75 bits per heavy atom. The van der Waals surface area contributed by atoms with Crippen molar-refractivity contribution in [2.24, 2.45) is 5.84 Å². The standard InChI is InChI=1S/C17H21N3/c1-12-16(9-4-10-19-12)17(20-18)15-8-3-7-14(11-15)13-5-2-6-13/h3-4,7-11,13,17,20H,2,5-6,18H2,1H3.